The summed E-state index contributed by atoms with van der Waals surface area (Å²) >= 11 is 0. The van der Waals surface area contributed by atoms with Crippen molar-refractivity contribution in [2.75, 3.05) is 31.3 Å². The molecule has 0 unspecified atom stereocenters. The molecule has 0 aliphatic heterocycles. The number of furan rings is 1. The second-order valence-corrected chi connectivity index (χ2v) is 12.3. The summed E-state index contributed by atoms with van der Waals surface area (Å²) in [5, 5.41) is 8.54. The highest BCUT2D eigenvalue weighted by atomic mass is 32.2. The Labute approximate surface area is 252 Å². The molecule has 1 amide bonds. The minimum absolute atomic E-state index is 0.155. The zero-order chi connectivity index (χ0) is 31.2. The topological polar surface area (TPSA) is 120 Å². The Kier molecular flexibility index (Phi) is 7.30. The summed E-state index contributed by atoms with van der Waals surface area (Å²) in [4.78, 5) is 17.8. The third kappa shape index (κ3) is 4.82. The predicted octanol–water partition coefficient (Wildman–Crippen LogP) is 5.79. The number of nitrogens with zero attached hydrogens (tertiary/aromatic N) is 4. The van der Waals surface area contributed by atoms with Crippen molar-refractivity contribution in [3.8, 4) is 34.0 Å². The van der Waals surface area contributed by atoms with Gasteiger partial charge in [-0.05, 0) is 49.4 Å². The average molecular weight is 614 g/mol. The van der Waals surface area contributed by atoms with E-state index in [2.05, 4.69) is 15.4 Å². The Morgan fingerprint density at radius 2 is 1.82 bits per heavy atom. The molecular formula is C32H28FN5O5S. The van der Waals surface area contributed by atoms with Crippen LogP contribution in [0, 0.1) is 5.82 Å². The van der Waals surface area contributed by atoms with Crippen LogP contribution in [0.5, 0.6) is 5.88 Å². The summed E-state index contributed by atoms with van der Waals surface area (Å²) in [5.41, 5.74) is 3.59. The summed E-state index contributed by atoms with van der Waals surface area (Å²) < 4.78 is 54.9. The van der Waals surface area contributed by atoms with Gasteiger partial charge in [-0.15, -0.1) is 0 Å². The molecule has 1 N–H and O–H groups in total. The van der Waals surface area contributed by atoms with Gasteiger partial charge in [0.05, 0.1) is 47.7 Å². The van der Waals surface area contributed by atoms with Gasteiger partial charge in [-0.2, -0.15) is 5.10 Å². The maximum Gasteiger partial charge on any atom is 0.255 e. The standard InChI is InChI=1S/C32H28FN5O5S/c1-5-44(40,41)37(3)27-16-28-25(29(31(39)34-2)30(43-28)19-10-12-21(33)13-11-19)15-23(27)24-14-22(18-35-32(24)42-4)38-26-9-7-6-8-20(26)17-36-38/h6-18H,5H2,1-4H3,(H,34,39). The Balaban J connectivity index is 1.67. The van der Waals surface area contributed by atoms with Gasteiger partial charge in [0.15, 0.2) is 0 Å². The van der Waals surface area contributed by atoms with Gasteiger partial charge >= 0.3 is 0 Å². The van der Waals surface area contributed by atoms with Crippen molar-refractivity contribution in [2.45, 2.75) is 6.92 Å². The van der Waals surface area contributed by atoms with Gasteiger partial charge in [-0.3, -0.25) is 9.10 Å². The fourth-order valence-corrected chi connectivity index (χ4v) is 6.04. The number of fused-ring (bicyclic) bond motifs is 2. The van der Waals surface area contributed by atoms with Gasteiger partial charge in [0, 0.05) is 47.6 Å². The molecule has 0 atom stereocenters. The molecule has 0 bridgehead atoms. The highest BCUT2D eigenvalue weighted by molar-refractivity contribution is 7.92. The quantitative estimate of drug-likeness (QED) is 0.231. The van der Waals surface area contributed by atoms with E-state index in [1.54, 1.807) is 36.1 Å². The molecule has 44 heavy (non-hydrogen) atoms. The second-order valence-electron chi connectivity index (χ2n) is 9.99. The number of rotatable bonds is 8. The van der Waals surface area contributed by atoms with Gasteiger partial charge in [0.1, 0.15) is 17.2 Å². The lowest BCUT2D eigenvalue weighted by Crippen LogP contribution is -2.28. The van der Waals surface area contributed by atoms with E-state index in [1.165, 1.54) is 49.8 Å². The molecule has 3 heterocycles. The van der Waals surface area contributed by atoms with Crippen molar-refractivity contribution < 1.29 is 26.8 Å². The molecule has 6 aromatic rings. The summed E-state index contributed by atoms with van der Waals surface area (Å²) in [6, 6.07) is 18.4. The number of sulfonamides is 1. The van der Waals surface area contributed by atoms with Gasteiger partial charge in [0.2, 0.25) is 15.9 Å². The summed E-state index contributed by atoms with van der Waals surface area (Å²) in [6.45, 7) is 1.55. The molecule has 0 saturated carbocycles. The number of nitrogens with one attached hydrogen (secondary N) is 1. The Morgan fingerprint density at radius 3 is 2.52 bits per heavy atom. The largest absolute Gasteiger partial charge is 0.481 e. The summed E-state index contributed by atoms with van der Waals surface area (Å²) in [6.07, 6.45) is 3.36. The number of pyridine rings is 1. The van der Waals surface area contributed by atoms with Crippen molar-refractivity contribution in [3.05, 3.63) is 90.5 Å². The van der Waals surface area contributed by atoms with Crippen molar-refractivity contribution in [1.82, 2.24) is 20.1 Å². The number of carbonyl (C=O) groups is 1. The molecule has 12 heteroatoms. The number of amides is 1. The van der Waals surface area contributed by atoms with Crippen molar-refractivity contribution in [3.63, 3.8) is 0 Å². The molecule has 0 fully saturated rings. The number of halogens is 1. The van der Waals surface area contributed by atoms with Crippen LogP contribution in [0.2, 0.25) is 0 Å². The minimum atomic E-state index is -3.74. The molecule has 3 aromatic carbocycles. The van der Waals surface area contributed by atoms with Crippen LogP contribution in [0.3, 0.4) is 0 Å². The first kappa shape index (κ1) is 28.9. The van der Waals surface area contributed by atoms with E-state index in [-0.39, 0.29) is 34.2 Å². The number of carbonyl (C=O) groups excluding carboxylic acids is 1. The van der Waals surface area contributed by atoms with Gasteiger partial charge < -0.3 is 14.5 Å². The normalized spacial score (nSPS) is 11.7. The maximum atomic E-state index is 13.8. The fraction of sp³-hybridized carbons (Fsp3) is 0.156. The van der Waals surface area contributed by atoms with Crippen LogP contribution in [0.4, 0.5) is 10.1 Å². The summed E-state index contributed by atoms with van der Waals surface area (Å²) in [7, 11) is 0.684. The first-order valence-corrected chi connectivity index (χ1v) is 15.3. The first-order valence-electron chi connectivity index (χ1n) is 13.7. The summed E-state index contributed by atoms with van der Waals surface area (Å²) in [5.74, 6) is -0.579. The number of anilines is 1. The molecule has 224 valence electrons. The van der Waals surface area contributed by atoms with E-state index in [4.69, 9.17) is 9.15 Å². The molecular weight excluding hydrogens is 585 g/mol. The molecule has 0 spiro atoms. The Morgan fingerprint density at radius 1 is 1.07 bits per heavy atom. The van der Waals surface area contributed by atoms with Gasteiger partial charge in [0.25, 0.3) is 5.91 Å². The number of methoxy groups -OCH3 is 1. The van der Waals surface area contributed by atoms with E-state index in [9.17, 15) is 17.6 Å². The van der Waals surface area contributed by atoms with Gasteiger partial charge in [-0.25, -0.2) is 22.5 Å². The minimum Gasteiger partial charge on any atom is -0.481 e. The van der Waals surface area contributed by atoms with Crippen LogP contribution in [-0.2, 0) is 10.0 Å². The van der Waals surface area contributed by atoms with Crippen LogP contribution >= 0.6 is 0 Å². The number of hydrogen-bond acceptors (Lipinski definition) is 7. The fourth-order valence-electron chi connectivity index (χ4n) is 5.20. The van der Waals surface area contributed by atoms with Crippen molar-refractivity contribution in [2.24, 2.45) is 0 Å². The number of hydrogen-bond donors (Lipinski definition) is 1. The monoisotopic (exact) mass is 613 g/mol. The van der Waals surface area contributed by atoms with E-state index >= 15 is 0 Å². The maximum absolute atomic E-state index is 13.8. The van der Waals surface area contributed by atoms with Gasteiger partial charge in [-0.1, -0.05) is 18.2 Å². The van der Waals surface area contributed by atoms with Crippen LogP contribution in [0.15, 0.2) is 83.5 Å². The molecule has 0 aliphatic carbocycles. The van der Waals surface area contributed by atoms with Crippen molar-refractivity contribution >= 4 is 43.5 Å². The number of ether oxygens (including phenoxy) is 1. The van der Waals surface area contributed by atoms with Crippen molar-refractivity contribution in [1.29, 1.82) is 0 Å². The molecule has 0 saturated heterocycles. The Hall–Kier alpha value is -5.23. The lowest BCUT2D eigenvalue weighted by molar-refractivity contribution is 0.0964. The smallest absolute Gasteiger partial charge is 0.255 e. The zero-order valence-corrected chi connectivity index (χ0v) is 25.1. The van der Waals surface area contributed by atoms with E-state index < -0.39 is 21.7 Å². The second kappa shape index (κ2) is 11.1. The number of aromatic nitrogens is 3. The van der Waals surface area contributed by atoms with E-state index in [0.29, 0.717) is 27.8 Å². The highest BCUT2D eigenvalue weighted by Gasteiger charge is 2.28. The van der Waals surface area contributed by atoms with Crippen LogP contribution in [0.1, 0.15) is 17.3 Å². The molecule has 6 rings (SSSR count). The predicted molar refractivity (Wildman–Crippen MR) is 167 cm³/mol. The van der Waals surface area contributed by atoms with E-state index in [1.807, 2.05) is 30.3 Å². The third-order valence-electron chi connectivity index (χ3n) is 7.53. The Bertz CT molecular complexity index is 2160. The SMILES string of the molecule is CCS(=O)(=O)N(C)c1cc2oc(-c3ccc(F)cc3)c(C(=O)NC)c2cc1-c1cc(-n2ncc3ccccc32)cnc1OC. The van der Waals surface area contributed by atoms with Crippen LogP contribution in [0.25, 0.3) is 50.0 Å². The molecule has 0 aliphatic rings. The lowest BCUT2D eigenvalue weighted by Gasteiger charge is -2.23. The van der Waals surface area contributed by atoms with Crippen LogP contribution in [-0.4, -0.2) is 56.0 Å². The first-order chi connectivity index (χ1) is 21.2. The third-order valence-corrected chi connectivity index (χ3v) is 9.29. The number of benzene rings is 3. The molecule has 3 aromatic heterocycles. The highest BCUT2D eigenvalue weighted by Crippen LogP contribution is 2.44. The zero-order valence-electron chi connectivity index (χ0n) is 24.3. The average Bonchev–Trinajstić information content (AvgIpc) is 3.65. The number of para-hydroxylation sites is 1. The molecule has 0 radical (unpaired) electrons. The van der Waals surface area contributed by atoms with E-state index in [0.717, 1.165) is 10.9 Å². The lowest BCUT2D eigenvalue weighted by atomic mass is 9.98. The van der Waals surface area contributed by atoms with Crippen LogP contribution < -0.4 is 14.4 Å². The molecule has 10 nitrogen and oxygen atoms in total.